The van der Waals surface area contributed by atoms with E-state index in [4.69, 9.17) is 11.6 Å². The number of carbonyl (C=O) groups is 1. The number of thiazole rings is 1. The zero-order valence-corrected chi connectivity index (χ0v) is 11.0. The lowest BCUT2D eigenvalue weighted by atomic mass is 10.2. The Bertz CT molecular complexity index is 553. The molecule has 0 atom stereocenters. The Balaban J connectivity index is 2.36. The van der Waals surface area contributed by atoms with Gasteiger partial charge in [0.1, 0.15) is 4.88 Å². The second kappa shape index (κ2) is 4.85. The number of rotatable bonds is 3. The Morgan fingerprint density at radius 3 is 2.82 bits per heavy atom. The van der Waals surface area contributed by atoms with Gasteiger partial charge in [-0.1, -0.05) is 35.1 Å². The van der Waals surface area contributed by atoms with Crippen molar-refractivity contribution in [2.24, 2.45) is 0 Å². The number of halogens is 1. The molecule has 0 unspecified atom stereocenters. The van der Waals surface area contributed by atoms with Gasteiger partial charge in [-0.3, -0.25) is 4.79 Å². The molecule has 0 saturated heterocycles. The monoisotopic (exact) mass is 266 g/mol. The summed E-state index contributed by atoms with van der Waals surface area (Å²) < 4.78 is 0. The number of hydrogen-bond acceptors (Lipinski definition) is 4. The Morgan fingerprint density at radius 2 is 2.24 bits per heavy atom. The fraction of sp³-hybridized carbons (Fsp3) is 0.167. The molecule has 0 fully saturated rings. The van der Waals surface area contributed by atoms with Crippen molar-refractivity contribution in [1.82, 2.24) is 4.98 Å². The summed E-state index contributed by atoms with van der Waals surface area (Å²) in [6.45, 7) is 2.03. The first-order chi connectivity index (χ1) is 8.11. The lowest BCUT2D eigenvalue weighted by Crippen LogP contribution is -2.08. The molecule has 0 aliphatic carbocycles. The molecule has 3 nitrogen and oxygen atoms in total. The van der Waals surface area contributed by atoms with Crippen LogP contribution in [0.25, 0.3) is 0 Å². The van der Waals surface area contributed by atoms with E-state index in [0.29, 0.717) is 10.0 Å². The van der Waals surface area contributed by atoms with E-state index < -0.39 is 0 Å². The van der Waals surface area contributed by atoms with Crippen molar-refractivity contribution in [2.75, 3.05) is 11.9 Å². The van der Waals surface area contributed by atoms with Crippen molar-refractivity contribution >= 4 is 40.0 Å². The van der Waals surface area contributed by atoms with Gasteiger partial charge in [0.2, 0.25) is 0 Å². The first kappa shape index (κ1) is 12.1. The van der Waals surface area contributed by atoms with E-state index in [-0.39, 0.29) is 5.15 Å². The molecule has 17 heavy (non-hydrogen) atoms. The molecular formula is C12H11ClN2OS. The van der Waals surface area contributed by atoms with Crippen molar-refractivity contribution in [3.8, 4) is 0 Å². The van der Waals surface area contributed by atoms with Crippen LogP contribution in [0.15, 0.2) is 24.3 Å². The molecule has 0 saturated carbocycles. The maximum Gasteiger partial charge on any atom is 0.191 e. The molecule has 1 aromatic heterocycles. The molecule has 0 spiro atoms. The summed E-state index contributed by atoms with van der Waals surface area (Å²) in [7, 11) is 1.90. The fourth-order valence-electron chi connectivity index (χ4n) is 1.47. The van der Waals surface area contributed by atoms with Crippen LogP contribution in [0.2, 0.25) is 5.15 Å². The molecule has 1 heterocycles. The number of anilines is 2. The third-order valence-corrected chi connectivity index (χ3v) is 3.84. The van der Waals surface area contributed by atoms with E-state index in [2.05, 4.69) is 11.1 Å². The SMILES string of the molecule is Cc1cccc(N(C)c2nc(Cl)c(C=O)s2)c1. The molecule has 0 bridgehead atoms. The van der Waals surface area contributed by atoms with Crippen LogP contribution >= 0.6 is 22.9 Å². The van der Waals surface area contributed by atoms with Crippen LogP contribution in [-0.4, -0.2) is 18.3 Å². The molecule has 88 valence electrons. The lowest BCUT2D eigenvalue weighted by molar-refractivity contribution is 0.112. The summed E-state index contributed by atoms with van der Waals surface area (Å²) in [5.41, 5.74) is 2.19. The second-order valence-electron chi connectivity index (χ2n) is 3.67. The highest BCUT2D eigenvalue weighted by Gasteiger charge is 2.13. The summed E-state index contributed by atoms with van der Waals surface area (Å²) in [5, 5.41) is 0.974. The molecule has 0 radical (unpaired) electrons. The zero-order chi connectivity index (χ0) is 12.4. The maximum atomic E-state index is 10.7. The Morgan fingerprint density at radius 1 is 1.47 bits per heavy atom. The summed E-state index contributed by atoms with van der Waals surface area (Å²) in [6.07, 6.45) is 0.730. The third kappa shape index (κ3) is 2.48. The number of aldehydes is 1. The Kier molecular flexibility index (Phi) is 3.45. The fourth-order valence-corrected chi connectivity index (χ4v) is 2.51. The smallest absolute Gasteiger partial charge is 0.191 e. The van der Waals surface area contributed by atoms with Crippen LogP contribution in [-0.2, 0) is 0 Å². The van der Waals surface area contributed by atoms with E-state index >= 15 is 0 Å². The van der Waals surface area contributed by atoms with Crippen LogP contribution in [0.1, 0.15) is 15.2 Å². The van der Waals surface area contributed by atoms with Gasteiger partial charge in [-0.15, -0.1) is 0 Å². The standard InChI is InChI=1S/C12H11ClN2OS/c1-8-4-3-5-9(6-8)15(2)12-14-11(13)10(7-16)17-12/h3-7H,1-2H3. The predicted octanol–water partition coefficient (Wildman–Crippen LogP) is 3.69. The van der Waals surface area contributed by atoms with E-state index in [0.717, 1.165) is 12.0 Å². The molecule has 0 amide bonds. The highest BCUT2D eigenvalue weighted by Crippen LogP contribution is 2.31. The summed E-state index contributed by atoms with van der Waals surface area (Å²) in [6, 6.07) is 8.05. The van der Waals surface area contributed by atoms with Crippen molar-refractivity contribution < 1.29 is 4.79 Å². The van der Waals surface area contributed by atoms with E-state index in [1.165, 1.54) is 16.9 Å². The number of nitrogens with zero attached hydrogens (tertiary/aromatic N) is 2. The number of hydrogen-bond donors (Lipinski definition) is 0. The minimum atomic E-state index is 0.263. The summed E-state index contributed by atoms with van der Waals surface area (Å²) in [4.78, 5) is 17.3. The van der Waals surface area contributed by atoms with Crippen LogP contribution in [0, 0.1) is 6.92 Å². The van der Waals surface area contributed by atoms with Crippen molar-refractivity contribution in [3.63, 3.8) is 0 Å². The van der Waals surface area contributed by atoms with Gasteiger partial charge >= 0.3 is 0 Å². The lowest BCUT2D eigenvalue weighted by Gasteiger charge is -2.15. The summed E-state index contributed by atoms with van der Waals surface area (Å²) >= 11 is 7.13. The molecule has 5 heteroatoms. The van der Waals surface area contributed by atoms with Gasteiger partial charge in [0, 0.05) is 12.7 Å². The molecule has 0 aliphatic heterocycles. The van der Waals surface area contributed by atoms with Crippen LogP contribution < -0.4 is 4.90 Å². The van der Waals surface area contributed by atoms with Crippen molar-refractivity contribution in [3.05, 3.63) is 39.9 Å². The molecule has 2 rings (SSSR count). The second-order valence-corrected chi connectivity index (χ2v) is 5.03. The molecular weight excluding hydrogens is 256 g/mol. The summed E-state index contributed by atoms with van der Waals surface area (Å²) in [5.74, 6) is 0. The predicted molar refractivity (Wildman–Crippen MR) is 71.8 cm³/mol. The highest BCUT2D eigenvalue weighted by atomic mass is 35.5. The van der Waals surface area contributed by atoms with Gasteiger partial charge in [-0.2, -0.15) is 0 Å². The quantitative estimate of drug-likeness (QED) is 0.795. The maximum absolute atomic E-state index is 10.7. The number of aromatic nitrogens is 1. The van der Waals surface area contributed by atoms with Gasteiger partial charge < -0.3 is 4.90 Å². The van der Waals surface area contributed by atoms with E-state index in [1.807, 2.05) is 37.1 Å². The molecule has 0 N–H and O–H groups in total. The topological polar surface area (TPSA) is 33.2 Å². The first-order valence-corrected chi connectivity index (χ1v) is 6.23. The average Bonchev–Trinajstić information content (AvgIpc) is 2.69. The van der Waals surface area contributed by atoms with Gasteiger partial charge in [0.15, 0.2) is 16.6 Å². The van der Waals surface area contributed by atoms with E-state index in [1.54, 1.807) is 0 Å². The van der Waals surface area contributed by atoms with Gasteiger partial charge in [-0.25, -0.2) is 4.98 Å². The minimum absolute atomic E-state index is 0.263. The van der Waals surface area contributed by atoms with Crippen LogP contribution in [0.4, 0.5) is 10.8 Å². The number of carbonyl (C=O) groups excluding carboxylic acids is 1. The average molecular weight is 267 g/mol. The first-order valence-electron chi connectivity index (χ1n) is 5.03. The Hall–Kier alpha value is -1.39. The molecule has 0 aliphatic rings. The van der Waals surface area contributed by atoms with Crippen molar-refractivity contribution in [2.45, 2.75) is 6.92 Å². The van der Waals surface area contributed by atoms with E-state index in [9.17, 15) is 4.79 Å². The minimum Gasteiger partial charge on any atom is -0.321 e. The van der Waals surface area contributed by atoms with Crippen LogP contribution in [0.5, 0.6) is 0 Å². The van der Waals surface area contributed by atoms with Crippen LogP contribution in [0.3, 0.4) is 0 Å². The highest BCUT2D eigenvalue weighted by molar-refractivity contribution is 7.17. The molecule has 1 aromatic carbocycles. The number of aryl methyl sites for hydroxylation is 1. The normalized spacial score (nSPS) is 10.3. The number of benzene rings is 1. The van der Waals surface area contributed by atoms with Crippen molar-refractivity contribution in [1.29, 1.82) is 0 Å². The largest absolute Gasteiger partial charge is 0.321 e. The Labute approximate surface area is 109 Å². The molecule has 2 aromatic rings. The third-order valence-electron chi connectivity index (χ3n) is 2.38. The van der Waals surface area contributed by atoms with Gasteiger partial charge in [0.25, 0.3) is 0 Å². The zero-order valence-electron chi connectivity index (χ0n) is 9.48. The van der Waals surface area contributed by atoms with Gasteiger partial charge in [0.05, 0.1) is 0 Å². The van der Waals surface area contributed by atoms with Gasteiger partial charge in [-0.05, 0) is 24.6 Å².